The van der Waals surface area contributed by atoms with E-state index in [1.54, 1.807) is 6.92 Å². The van der Waals surface area contributed by atoms with Crippen LogP contribution in [-0.2, 0) is 6.42 Å². The molecule has 3 N–H and O–H groups in total. The molecule has 0 radical (unpaired) electrons. The predicted octanol–water partition coefficient (Wildman–Crippen LogP) is 1.52. The maximum absolute atomic E-state index is 11.2. The molecule has 2 aromatic rings. The smallest absolute Gasteiger partial charge is 0.283 e. The Hall–Kier alpha value is -1.81. The monoisotopic (exact) mass is 218 g/mol. The highest BCUT2D eigenvalue weighted by Crippen LogP contribution is 2.16. The van der Waals surface area contributed by atoms with Crippen LogP contribution in [0, 0.1) is 6.92 Å². The molecule has 0 unspecified atom stereocenters. The van der Waals surface area contributed by atoms with Gasteiger partial charge in [0.05, 0.1) is 11.6 Å². The molecule has 0 fully saturated rings. The van der Waals surface area contributed by atoms with Crippen molar-refractivity contribution in [3.8, 4) is 0 Å². The average Bonchev–Trinajstić information content (AvgIpc) is 2.61. The van der Waals surface area contributed by atoms with Crippen molar-refractivity contribution >= 4 is 0 Å². The van der Waals surface area contributed by atoms with Crippen LogP contribution < -0.4 is 11.3 Å². The van der Waals surface area contributed by atoms with Gasteiger partial charge in [-0.15, -0.1) is 0 Å². The first kappa shape index (κ1) is 10.7. The molecule has 0 bridgehead atoms. The molecule has 4 nitrogen and oxygen atoms in total. The van der Waals surface area contributed by atoms with E-state index in [-0.39, 0.29) is 11.6 Å². The second-order valence-corrected chi connectivity index (χ2v) is 3.82. The molecule has 1 aromatic carbocycles. The summed E-state index contributed by atoms with van der Waals surface area (Å²) in [4.78, 5) is 11.2. The lowest BCUT2D eigenvalue weighted by Crippen LogP contribution is -2.15. The van der Waals surface area contributed by atoms with Crippen molar-refractivity contribution in [2.75, 3.05) is 0 Å². The quantitative estimate of drug-likeness (QED) is 0.820. The summed E-state index contributed by atoms with van der Waals surface area (Å²) in [7, 11) is 0. The number of rotatable bonds is 3. The Balaban J connectivity index is 2.18. The Morgan fingerprint density at radius 1 is 1.38 bits per heavy atom. The highest BCUT2D eigenvalue weighted by Gasteiger charge is 2.16. The van der Waals surface area contributed by atoms with Crippen LogP contribution in [0.2, 0.25) is 0 Å². The van der Waals surface area contributed by atoms with Gasteiger partial charge in [-0.3, -0.25) is 4.79 Å². The highest BCUT2D eigenvalue weighted by atomic mass is 16.5. The lowest BCUT2D eigenvalue weighted by atomic mass is 10.0. The second kappa shape index (κ2) is 4.37. The molecule has 1 atom stereocenters. The zero-order valence-electron chi connectivity index (χ0n) is 9.07. The molecule has 84 valence electrons. The Morgan fingerprint density at radius 2 is 2.06 bits per heavy atom. The van der Waals surface area contributed by atoms with E-state index in [0.29, 0.717) is 17.7 Å². The van der Waals surface area contributed by atoms with E-state index in [4.69, 9.17) is 10.3 Å². The summed E-state index contributed by atoms with van der Waals surface area (Å²) >= 11 is 0. The van der Waals surface area contributed by atoms with Crippen molar-refractivity contribution in [2.24, 2.45) is 5.73 Å². The number of H-pyrrole nitrogens is 1. The lowest BCUT2D eigenvalue weighted by molar-refractivity contribution is 0.356. The zero-order valence-corrected chi connectivity index (χ0v) is 9.07. The summed E-state index contributed by atoms with van der Waals surface area (Å²) in [5.74, 6) is 0.536. The van der Waals surface area contributed by atoms with Gasteiger partial charge in [-0.05, 0) is 18.9 Å². The van der Waals surface area contributed by atoms with Crippen molar-refractivity contribution < 1.29 is 4.52 Å². The van der Waals surface area contributed by atoms with E-state index in [9.17, 15) is 4.79 Å². The molecule has 0 aliphatic rings. The molecule has 1 aromatic heterocycles. The lowest BCUT2D eigenvalue weighted by Gasteiger charge is -2.08. The standard InChI is InChI=1S/C12H14N2O2/c1-8-11(16-14-12(8)15)10(13)7-9-5-3-2-4-6-9/h2-6,10H,7,13H2,1H3,(H,14,15)/t10-/m0/s1. The van der Waals surface area contributed by atoms with Gasteiger partial charge in [-0.1, -0.05) is 30.3 Å². The summed E-state index contributed by atoms with van der Waals surface area (Å²) in [6.07, 6.45) is 0.655. The Bertz CT molecular complexity index is 513. The summed E-state index contributed by atoms with van der Waals surface area (Å²) in [6.45, 7) is 1.71. The summed E-state index contributed by atoms with van der Waals surface area (Å²) in [6, 6.07) is 9.59. The van der Waals surface area contributed by atoms with E-state index in [1.165, 1.54) is 0 Å². The average molecular weight is 218 g/mol. The molecule has 4 heteroatoms. The van der Waals surface area contributed by atoms with Crippen LogP contribution in [-0.4, -0.2) is 5.16 Å². The molecule has 0 aliphatic heterocycles. The van der Waals surface area contributed by atoms with E-state index >= 15 is 0 Å². The largest absolute Gasteiger partial charge is 0.382 e. The zero-order chi connectivity index (χ0) is 11.5. The van der Waals surface area contributed by atoms with Crippen molar-refractivity contribution in [2.45, 2.75) is 19.4 Å². The van der Waals surface area contributed by atoms with Crippen molar-refractivity contribution in [3.63, 3.8) is 0 Å². The van der Waals surface area contributed by atoms with Gasteiger partial charge in [0.15, 0.2) is 5.76 Å². The van der Waals surface area contributed by atoms with Crippen molar-refractivity contribution in [1.82, 2.24) is 5.16 Å². The maximum atomic E-state index is 11.2. The first-order valence-corrected chi connectivity index (χ1v) is 5.16. The van der Waals surface area contributed by atoms with Gasteiger partial charge in [0.2, 0.25) is 0 Å². The number of hydrogen-bond acceptors (Lipinski definition) is 3. The number of nitrogens with one attached hydrogen (secondary N) is 1. The number of nitrogens with two attached hydrogens (primary N) is 1. The number of aromatic amines is 1. The minimum absolute atomic E-state index is 0.210. The van der Waals surface area contributed by atoms with Crippen LogP contribution in [0.3, 0.4) is 0 Å². The Kier molecular flexibility index (Phi) is 2.92. The fourth-order valence-corrected chi connectivity index (χ4v) is 1.68. The summed E-state index contributed by atoms with van der Waals surface area (Å²) in [5, 5.41) is 2.29. The van der Waals surface area contributed by atoms with E-state index in [0.717, 1.165) is 5.56 Å². The summed E-state index contributed by atoms with van der Waals surface area (Å²) < 4.78 is 5.07. The van der Waals surface area contributed by atoms with Crippen LogP contribution in [0.1, 0.15) is 22.9 Å². The van der Waals surface area contributed by atoms with Crippen LogP contribution >= 0.6 is 0 Å². The van der Waals surface area contributed by atoms with Gasteiger partial charge in [0.1, 0.15) is 0 Å². The molecule has 0 saturated heterocycles. The maximum Gasteiger partial charge on any atom is 0.283 e. The topological polar surface area (TPSA) is 72.0 Å². The first-order valence-electron chi connectivity index (χ1n) is 5.16. The van der Waals surface area contributed by atoms with Crippen LogP contribution in [0.5, 0.6) is 0 Å². The van der Waals surface area contributed by atoms with Crippen molar-refractivity contribution in [3.05, 3.63) is 57.6 Å². The normalized spacial score (nSPS) is 12.6. The van der Waals surface area contributed by atoms with Gasteiger partial charge in [-0.25, -0.2) is 0 Å². The van der Waals surface area contributed by atoms with Gasteiger partial charge in [0, 0.05) is 0 Å². The molecular formula is C12H14N2O2. The molecule has 0 amide bonds. The van der Waals surface area contributed by atoms with Crippen LogP contribution in [0.25, 0.3) is 0 Å². The van der Waals surface area contributed by atoms with Crippen molar-refractivity contribution in [1.29, 1.82) is 0 Å². The molecule has 0 saturated carbocycles. The Labute approximate surface area is 93.1 Å². The molecule has 2 rings (SSSR count). The molecule has 0 spiro atoms. The number of aromatic nitrogens is 1. The molecule has 0 aliphatic carbocycles. The molecule has 16 heavy (non-hydrogen) atoms. The molecule has 1 heterocycles. The van der Waals surface area contributed by atoms with Gasteiger partial charge in [0.25, 0.3) is 5.56 Å². The first-order chi connectivity index (χ1) is 7.68. The predicted molar refractivity (Wildman–Crippen MR) is 61.1 cm³/mol. The third-order valence-electron chi connectivity index (χ3n) is 2.60. The number of hydrogen-bond donors (Lipinski definition) is 2. The highest BCUT2D eigenvalue weighted by molar-refractivity contribution is 5.21. The van der Waals surface area contributed by atoms with Gasteiger partial charge >= 0.3 is 0 Å². The third-order valence-corrected chi connectivity index (χ3v) is 2.60. The fraction of sp³-hybridized carbons (Fsp3) is 0.250. The molecular weight excluding hydrogens is 204 g/mol. The van der Waals surface area contributed by atoms with Crippen LogP contribution in [0.15, 0.2) is 39.6 Å². The fourth-order valence-electron chi connectivity index (χ4n) is 1.68. The minimum Gasteiger partial charge on any atom is -0.382 e. The van der Waals surface area contributed by atoms with Gasteiger partial charge in [-0.2, -0.15) is 5.16 Å². The van der Waals surface area contributed by atoms with Crippen LogP contribution in [0.4, 0.5) is 0 Å². The summed E-state index contributed by atoms with van der Waals surface area (Å²) in [5.41, 5.74) is 7.46. The third kappa shape index (κ3) is 2.06. The minimum atomic E-state index is -0.290. The number of benzene rings is 1. The van der Waals surface area contributed by atoms with E-state index < -0.39 is 0 Å². The second-order valence-electron chi connectivity index (χ2n) is 3.82. The van der Waals surface area contributed by atoms with Gasteiger partial charge < -0.3 is 10.3 Å². The van der Waals surface area contributed by atoms with E-state index in [1.807, 2.05) is 30.3 Å². The SMILES string of the molecule is Cc1c([C@@H](N)Cc2ccccc2)o[nH]c1=O. The Morgan fingerprint density at radius 3 is 2.62 bits per heavy atom. The van der Waals surface area contributed by atoms with E-state index in [2.05, 4.69) is 5.16 Å².